The van der Waals surface area contributed by atoms with Crippen LogP contribution in [0.1, 0.15) is 32.9 Å². The Morgan fingerprint density at radius 1 is 1.07 bits per heavy atom. The Morgan fingerprint density at radius 2 is 1.79 bits per heavy atom. The van der Waals surface area contributed by atoms with E-state index >= 15 is 0 Å². The first-order valence-electron chi connectivity index (χ1n) is 8.66. The third-order valence-corrected chi connectivity index (χ3v) is 4.17. The van der Waals surface area contributed by atoms with Gasteiger partial charge >= 0.3 is 12.1 Å². The molecule has 0 fully saturated rings. The van der Waals surface area contributed by atoms with Crippen molar-refractivity contribution >= 4 is 5.97 Å². The van der Waals surface area contributed by atoms with Gasteiger partial charge in [-0.25, -0.2) is 9.48 Å². The summed E-state index contributed by atoms with van der Waals surface area (Å²) in [4.78, 5) is 24.6. The average Bonchev–Trinajstić information content (AvgIpc) is 2.66. The molecule has 2 aromatic carbocycles. The number of ether oxygens (including phenoxy) is 1. The van der Waals surface area contributed by atoms with Gasteiger partial charge in [0.05, 0.1) is 11.3 Å². The number of rotatable bonds is 4. The van der Waals surface area contributed by atoms with Gasteiger partial charge in [0.2, 0.25) is 11.1 Å². The summed E-state index contributed by atoms with van der Waals surface area (Å²) in [6.07, 6.45) is -4.53. The molecule has 0 bridgehead atoms. The average molecular weight is 402 g/mol. The van der Waals surface area contributed by atoms with Gasteiger partial charge in [-0.2, -0.15) is 18.3 Å². The third kappa shape index (κ3) is 4.71. The Balaban J connectivity index is 1.91. The fourth-order valence-electron chi connectivity index (χ4n) is 2.78. The Hall–Kier alpha value is -3.42. The van der Waals surface area contributed by atoms with E-state index < -0.39 is 28.8 Å². The number of hydrogen-bond donors (Lipinski definition) is 0. The maximum Gasteiger partial charge on any atom is 0.416 e. The molecule has 0 aliphatic heterocycles. The van der Waals surface area contributed by atoms with Crippen LogP contribution in [0.2, 0.25) is 0 Å². The minimum absolute atomic E-state index is 0.0565. The van der Waals surface area contributed by atoms with Crippen LogP contribution in [0, 0.1) is 13.8 Å². The number of nitrogens with zero attached hydrogens (tertiary/aromatic N) is 2. The van der Waals surface area contributed by atoms with E-state index in [4.69, 9.17) is 4.74 Å². The molecule has 0 atom stereocenters. The lowest BCUT2D eigenvalue weighted by molar-refractivity contribution is -0.137. The Labute approximate surface area is 164 Å². The Bertz CT molecular complexity index is 1120. The highest BCUT2D eigenvalue weighted by atomic mass is 19.4. The molecule has 0 aliphatic rings. The number of aryl methyl sites for hydroxylation is 2. The van der Waals surface area contributed by atoms with E-state index in [9.17, 15) is 22.8 Å². The maximum absolute atomic E-state index is 13.0. The summed E-state index contributed by atoms with van der Waals surface area (Å²) in [5, 5.41) is 3.96. The minimum atomic E-state index is -4.53. The highest BCUT2D eigenvalue weighted by Gasteiger charge is 2.30. The van der Waals surface area contributed by atoms with E-state index in [2.05, 4.69) is 5.10 Å². The van der Waals surface area contributed by atoms with E-state index in [1.165, 1.54) is 19.1 Å². The topological polar surface area (TPSA) is 61.2 Å². The van der Waals surface area contributed by atoms with E-state index in [0.29, 0.717) is 0 Å². The summed E-state index contributed by atoms with van der Waals surface area (Å²) in [6.45, 7) is 3.34. The molecule has 0 N–H and O–H groups in total. The number of aromatic nitrogens is 2. The van der Waals surface area contributed by atoms with Crippen molar-refractivity contribution in [3.8, 4) is 5.69 Å². The molecule has 0 radical (unpaired) electrons. The molecule has 3 aromatic rings. The number of benzene rings is 2. The van der Waals surface area contributed by atoms with Crippen LogP contribution < -0.4 is 5.43 Å². The summed E-state index contributed by atoms with van der Waals surface area (Å²) < 4.78 is 45.3. The van der Waals surface area contributed by atoms with Crippen LogP contribution in [-0.2, 0) is 17.5 Å². The van der Waals surface area contributed by atoms with Gasteiger partial charge in [-0.1, -0.05) is 35.9 Å². The van der Waals surface area contributed by atoms with Crippen molar-refractivity contribution in [2.24, 2.45) is 0 Å². The molecule has 0 unspecified atom stereocenters. The van der Waals surface area contributed by atoms with E-state index in [1.807, 2.05) is 25.1 Å². The van der Waals surface area contributed by atoms with Crippen LogP contribution in [0.3, 0.4) is 0 Å². The molecule has 0 amide bonds. The second-order valence-corrected chi connectivity index (χ2v) is 6.52. The molecule has 8 heteroatoms. The number of esters is 1. The normalized spacial score (nSPS) is 11.3. The summed E-state index contributed by atoms with van der Waals surface area (Å²) in [7, 11) is 0. The summed E-state index contributed by atoms with van der Waals surface area (Å²) in [5.74, 6) is -0.947. The number of carbonyl (C=O) groups excluding carboxylic acids is 1. The van der Waals surface area contributed by atoms with Crippen LogP contribution in [-0.4, -0.2) is 15.7 Å². The zero-order chi connectivity index (χ0) is 21.2. The van der Waals surface area contributed by atoms with Gasteiger partial charge in [-0.15, -0.1) is 0 Å². The van der Waals surface area contributed by atoms with Crippen molar-refractivity contribution in [2.45, 2.75) is 26.6 Å². The van der Waals surface area contributed by atoms with Crippen LogP contribution in [0.15, 0.2) is 59.4 Å². The first-order chi connectivity index (χ1) is 13.6. The highest BCUT2D eigenvalue weighted by molar-refractivity contribution is 5.86. The SMILES string of the molecule is Cc1cccc(COC(=O)c2nn(-c3cccc(C(F)(F)F)c3)c(C)cc2=O)c1. The third-order valence-electron chi connectivity index (χ3n) is 4.17. The second-order valence-electron chi connectivity index (χ2n) is 6.52. The predicted molar refractivity (Wildman–Crippen MR) is 99.9 cm³/mol. The molecule has 0 saturated heterocycles. The van der Waals surface area contributed by atoms with Crippen molar-refractivity contribution in [2.75, 3.05) is 0 Å². The van der Waals surface area contributed by atoms with E-state index in [-0.39, 0.29) is 18.0 Å². The lowest BCUT2D eigenvalue weighted by Crippen LogP contribution is -2.24. The Kier molecular flexibility index (Phi) is 5.54. The molecule has 150 valence electrons. The van der Waals surface area contributed by atoms with Crippen LogP contribution in [0.4, 0.5) is 13.2 Å². The molecule has 1 heterocycles. The zero-order valence-electron chi connectivity index (χ0n) is 15.7. The van der Waals surface area contributed by atoms with Crippen molar-refractivity contribution in [3.05, 3.63) is 92.9 Å². The van der Waals surface area contributed by atoms with Gasteiger partial charge in [0.25, 0.3) is 0 Å². The van der Waals surface area contributed by atoms with Gasteiger partial charge in [-0.05, 0) is 37.6 Å². The standard InChI is InChI=1S/C21H17F3N2O3/c1-13-5-3-6-15(9-13)12-29-20(28)19-18(27)10-14(2)26(25-19)17-8-4-7-16(11-17)21(22,23)24/h3-11H,12H2,1-2H3. The monoisotopic (exact) mass is 402 g/mol. The Morgan fingerprint density at radius 3 is 2.48 bits per heavy atom. The molecule has 5 nitrogen and oxygen atoms in total. The number of hydrogen-bond acceptors (Lipinski definition) is 4. The number of halogens is 3. The molecule has 1 aromatic heterocycles. The fraction of sp³-hybridized carbons (Fsp3) is 0.190. The van der Waals surface area contributed by atoms with Crippen molar-refractivity contribution in [1.82, 2.24) is 9.78 Å². The lowest BCUT2D eigenvalue weighted by Gasteiger charge is -2.13. The van der Waals surface area contributed by atoms with Crippen LogP contribution >= 0.6 is 0 Å². The maximum atomic E-state index is 13.0. The summed E-state index contributed by atoms with van der Waals surface area (Å²) >= 11 is 0. The quantitative estimate of drug-likeness (QED) is 0.613. The zero-order valence-corrected chi connectivity index (χ0v) is 15.7. The number of alkyl halides is 3. The first kappa shape index (κ1) is 20.3. The minimum Gasteiger partial charge on any atom is -0.456 e. The molecule has 0 spiro atoms. The molecule has 3 rings (SSSR count). The lowest BCUT2D eigenvalue weighted by atomic mass is 10.1. The van der Waals surface area contributed by atoms with Gasteiger partial charge in [0.15, 0.2) is 0 Å². The first-order valence-corrected chi connectivity index (χ1v) is 8.66. The van der Waals surface area contributed by atoms with E-state index in [1.54, 1.807) is 6.07 Å². The predicted octanol–water partition coefficient (Wildman–Crippen LogP) is 4.23. The summed E-state index contributed by atoms with van der Waals surface area (Å²) in [5.41, 5.74) is 0.0521. The van der Waals surface area contributed by atoms with Crippen molar-refractivity contribution < 1.29 is 22.7 Å². The molecular formula is C21H17F3N2O3. The highest BCUT2D eigenvalue weighted by Crippen LogP contribution is 2.30. The van der Waals surface area contributed by atoms with Crippen LogP contribution in [0.5, 0.6) is 0 Å². The van der Waals surface area contributed by atoms with Crippen molar-refractivity contribution in [3.63, 3.8) is 0 Å². The van der Waals surface area contributed by atoms with E-state index in [0.717, 1.165) is 34.0 Å². The number of carbonyl (C=O) groups is 1. The van der Waals surface area contributed by atoms with Gasteiger partial charge in [0.1, 0.15) is 6.61 Å². The smallest absolute Gasteiger partial charge is 0.416 e. The fourth-order valence-corrected chi connectivity index (χ4v) is 2.78. The van der Waals surface area contributed by atoms with Gasteiger partial charge in [-0.3, -0.25) is 4.79 Å². The molecule has 29 heavy (non-hydrogen) atoms. The molecule has 0 saturated carbocycles. The van der Waals surface area contributed by atoms with Gasteiger partial charge < -0.3 is 4.74 Å². The van der Waals surface area contributed by atoms with Crippen molar-refractivity contribution in [1.29, 1.82) is 0 Å². The molecular weight excluding hydrogens is 385 g/mol. The molecule has 0 aliphatic carbocycles. The second kappa shape index (κ2) is 7.90. The summed E-state index contributed by atoms with van der Waals surface area (Å²) in [6, 6.07) is 12.9. The van der Waals surface area contributed by atoms with Gasteiger partial charge in [0, 0.05) is 11.8 Å². The van der Waals surface area contributed by atoms with Crippen LogP contribution in [0.25, 0.3) is 5.69 Å². The largest absolute Gasteiger partial charge is 0.456 e.